The third-order valence-electron chi connectivity index (χ3n) is 5.76. The largest absolute Gasteiger partial charge is 0.489 e. The minimum atomic E-state index is -0.809. The molecule has 0 saturated heterocycles. The van der Waals surface area contributed by atoms with Gasteiger partial charge in [0.25, 0.3) is 5.91 Å². The van der Waals surface area contributed by atoms with E-state index in [9.17, 15) is 14.7 Å². The Morgan fingerprint density at radius 1 is 1.22 bits per heavy atom. The van der Waals surface area contributed by atoms with Crippen molar-refractivity contribution in [1.29, 1.82) is 5.26 Å². The highest BCUT2D eigenvalue weighted by atomic mass is 16.5. The van der Waals surface area contributed by atoms with Crippen LogP contribution in [0, 0.1) is 17.2 Å². The van der Waals surface area contributed by atoms with Crippen LogP contribution in [0.3, 0.4) is 0 Å². The van der Waals surface area contributed by atoms with Crippen LogP contribution >= 0.6 is 0 Å². The first-order valence-electron chi connectivity index (χ1n) is 12.1. The number of amides is 2. The second-order valence-electron chi connectivity index (χ2n) is 9.54. The standard InChI is InChI=1S/C27H33N5O5/c1-18-12-24(34)31-32-26(18)21-9-5-7-11-23(21)37-16-25(35)29-17-27(2,3)30-14-20(33)15-36-22-10-6-4-8-19(22)13-28/h4-11,18,20,30,33H,12,14-17H2,1-3H3,(H,29,35)(H,31,34). The Hall–Kier alpha value is -3.94. The number of benzene rings is 2. The molecule has 0 radical (unpaired) electrons. The van der Waals surface area contributed by atoms with Crippen molar-refractivity contribution in [2.75, 3.05) is 26.3 Å². The number of carbonyl (C=O) groups is 2. The van der Waals surface area contributed by atoms with Gasteiger partial charge in [-0.25, -0.2) is 5.43 Å². The molecule has 0 aromatic heterocycles. The molecule has 196 valence electrons. The molecule has 2 amide bonds. The van der Waals surface area contributed by atoms with Crippen LogP contribution in [0.15, 0.2) is 53.6 Å². The highest BCUT2D eigenvalue weighted by Gasteiger charge is 2.24. The fraction of sp³-hybridized carbons (Fsp3) is 0.407. The summed E-state index contributed by atoms with van der Waals surface area (Å²) < 4.78 is 11.3. The third kappa shape index (κ3) is 8.31. The van der Waals surface area contributed by atoms with Crippen molar-refractivity contribution in [3.8, 4) is 17.6 Å². The van der Waals surface area contributed by atoms with Crippen LogP contribution < -0.4 is 25.5 Å². The molecule has 2 unspecified atom stereocenters. The molecule has 4 N–H and O–H groups in total. The van der Waals surface area contributed by atoms with Gasteiger partial charge in [-0.2, -0.15) is 10.4 Å². The summed E-state index contributed by atoms with van der Waals surface area (Å²) in [6.45, 7) is 6.10. The van der Waals surface area contributed by atoms with Gasteiger partial charge >= 0.3 is 0 Å². The van der Waals surface area contributed by atoms with Gasteiger partial charge in [-0.05, 0) is 38.1 Å². The van der Waals surface area contributed by atoms with Crippen molar-refractivity contribution >= 4 is 17.5 Å². The molecule has 0 aliphatic carbocycles. The number of nitrogens with zero attached hydrogens (tertiary/aromatic N) is 2. The fourth-order valence-electron chi connectivity index (χ4n) is 3.68. The Bertz CT molecular complexity index is 1170. The van der Waals surface area contributed by atoms with Crippen molar-refractivity contribution < 1.29 is 24.2 Å². The molecule has 1 aliphatic rings. The molecule has 2 aromatic rings. The number of carbonyl (C=O) groups excluding carboxylic acids is 2. The average Bonchev–Trinajstić information content (AvgIpc) is 2.89. The van der Waals surface area contributed by atoms with E-state index in [2.05, 4.69) is 27.2 Å². The first kappa shape index (κ1) is 27.6. The number of rotatable bonds is 12. The molecule has 0 saturated carbocycles. The quantitative estimate of drug-likeness (QED) is 0.342. The van der Waals surface area contributed by atoms with E-state index in [-0.39, 0.29) is 37.5 Å². The van der Waals surface area contributed by atoms with Gasteiger partial charge in [0.15, 0.2) is 6.61 Å². The van der Waals surface area contributed by atoms with Crippen LogP contribution in [-0.2, 0) is 9.59 Å². The monoisotopic (exact) mass is 507 g/mol. The molecular weight excluding hydrogens is 474 g/mol. The first-order chi connectivity index (χ1) is 17.7. The maximum Gasteiger partial charge on any atom is 0.258 e. The van der Waals surface area contributed by atoms with Gasteiger partial charge in [0.2, 0.25) is 5.91 Å². The Morgan fingerprint density at radius 3 is 2.65 bits per heavy atom. The number of nitrogens with one attached hydrogen (secondary N) is 3. The summed E-state index contributed by atoms with van der Waals surface area (Å²) in [5.41, 5.74) is 3.84. The summed E-state index contributed by atoms with van der Waals surface area (Å²) >= 11 is 0. The number of ether oxygens (including phenoxy) is 2. The Kier molecular flexibility index (Phi) is 9.60. The first-order valence-corrected chi connectivity index (χ1v) is 12.1. The van der Waals surface area contributed by atoms with Crippen molar-refractivity contribution in [1.82, 2.24) is 16.1 Å². The predicted octanol–water partition coefficient (Wildman–Crippen LogP) is 1.72. The SMILES string of the molecule is CC1CC(=O)NN=C1c1ccccc1OCC(=O)NCC(C)(C)NCC(O)COc1ccccc1C#N. The molecule has 1 heterocycles. The van der Waals surface area contributed by atoms with Gasteiger partial charge in [-0.1, -0.05) is 31.2 Å². The molecule has 3 rings (SSSR count). The lowest BCUT2D eigenvalue weighted by Gasteiger charge is -2.28. The predicted molar refractivity (Wildman–Crippen MR) is 138 cm³/mol. The van der Waals surface area contributed by atoms with E-state index < -0.39 is 11.6 Å². The van der Waals surface area contributed by atoms with Gasteiger partial charge in [-0.15, -0.1) is 0 Å². The third-order valence-corrected chi connectivity index (χ3v) is 5.76. The van der Waals surface area contributed by atoms with Gasteiger partial charge < -0.3 is 25.2 Å². The second-order valence-corrected chi connectivity index (χ2v) is 9.54. The Morgan fingerprint density at radius 2 is 1.92 bits per heavy atom. The van der Waals surface area contributed by atoms with Crippen molar-refractivity contribution in [2.24, 2.45) is 11.0 Å². The van der Waals surface area contributed by atoms with Crippen molar-refractivity contribution in [3.05, 3.63) is 59.7 Å². The minimum Gasteiger partial charge on any atom is -0.489 e. The highest BCUT2D eigenvalue weighted by molar-refractivity contribution is 6.07. The number of hydrazone groups is 1. The van der Waals surface area contributed by atoms with E-state index in [1.54, 1.807) is 30.3 Å². The summed E-state index contributed by atoms with van der Waals surface area (Å²) in [6, 6.07) is 16.2. The molecule has 0 fully saturated rings. The molecule has 10 heteroatoms. The number of hydrogen-bond acceptors (Lipinski definition) is 8. The number of aliphatic hydroxyl groups is 1. The Balaban J connectivity index is 1.43. The van der Waals surface area contributed by atoms with Gasteiger partial charge in [0.1, 0.15) is 30.3 Å². The van der Waals surface area contributed by atoms with Crippen LogP contribution in [0.25, 0.3) is 0 Å². The number of aliphatic hydroxyl groups excluding tert-OH is 1. The normalized spacial score (nSPS) is 16.1. The number of para-hydroxylation sites is 2. The fourth-order valence-corrected chi connectivity index (χ4v) is 3.68. The summed E-state index contributed by atoms with van der Waals surface area (Å²) in [7, 11) is 0. The van der Waals surface area contributed by atoms with E-state index in [1.807, 2.05) is 39.0 Å². The van der Waals surface area contributed by atoms with Crippen molar-refractivity contribution in [3.63, 3.8) is 0 Å². The smallest absolute Gasteiger partial charge is 0.258 e. The number of β-amino-alcohol motifs (C(OH)–C–C–N with tert-alkyl or cyclic N) is 1. The maximum atomic E-state index is 12.5. The number of hydrogen-bond donors (Lipinski definition) is 4. The van der Waals surface area contributed by atoms with Crippen LogP contribution in [-0.4, -0.2) is 60.6 Å². The topological polar surface area (TPSA) is 145 Å². The highest BCUT2D eigenvalue weighted by Crippen LogP contribution is 2.25. The van der Waals surface area contributed by atoms with E-state index in [4.69, 9.17) is 14.7 Å². The summed E-state index contributed by atoms with van der Waals surface area (Å²) in [5.74, 6) is 0.439. The molecule has 0 bridgehead atoms. The van der Waals surface area contributed by atoms with E-state index >= 15 is 0 Å². The lowest BCUT2D eigenvalue weighted by Crippen LogP contribution is -2.52. The zero-order chi connectivity index (χ0) is 26.8. The lowest BCUT2D eigenvalue weighted by atomic mass is 9.93. The van der Waals surface area contributed by atoms with Gasteiger partial charge in [0, 0.05) is 36.5 Å². The zero-order valence-electron chi connectivity index (χ0n) is 21.3. The number of nitriles is 1. The molecule has 2 atom stereocenters. The summed E-state index contributed by atoms with van der Waals surface area (Å²) in [5, 5.41) is 29.6. The summed E-state index contributed by atoms with van der Waals surface area (Å²) in [4.78, 5) is 24.0. The van der Waals surface area contributed by atoms with E-state index in [1.165, 1.54) is 0 Å². The van der Waals surface area contributed by atoms with E-state index in [0.717, 1.165) is 5.56 Å². The van der Waals surface area contributed by atoms with Crippen LogP contribution in [0.1, 0.15) is 38.3 Å². The second kappa shape index (κ2) is 12.9. The Labute approximate surface area is 216 Å². The van der Waals surface area contributed by atoms with E-state index in [0.29, 0.717) is 35.7 Å². The molecule has 10 nitrogen and oxygen atoms in total. The average molecular weight is 508 g/mol. The van der Waals surface area contributed by atoms with Gasteiger partial charge in [-0.3, -0.25) is 9.59 Å². The van der Waals surface area contributed by atoms with Crippen LogP contribution in [0.4, 0.5) is 0 Å². The van der Waals surface area contributed by atoms with Crippen molar-refractivity contribution in [2.45, 2.75) is 38.8 Å². The molecule has 0 spiro atoms. The molecular formula is C27H33N5O5. The molecule has 1 aliphatic heterocycles. The minimum absolute atomic E-state index is 0.0228. The van der Waals surface area contributed by atoms with Crippen LogP contribution in [0.5, 0.6) is 11.5 Å². The maximum absolute atomic E-state index is 12.5. The summed E-state index contributed by atoms with van der Waals surface area (Å²) in [6.07, 6.45) is -0.472. The molecule has 2 aromatic carbocycles. The van der Waals surface area contributed by atoms with Gasteiger partial charge in [0.05, 0.1) is 11.3 Å². The van der Waals surface area contributed by atoms with Crippen LogP contribution in [0.2, 0.25) is 0 Å². The molecule has 37 heavy (non-hydrogen) atoms. The zero-order valence-corrected chi connectivity index (χ0v) is 21.3. The lowest BCUT2D eigenvalue weighted by molar-refractivity contribution is -0.123.